The molecule has 0 fully saturated rings. The highest BCUT2D eigenvalue weighted by Gasteiger charge is 2.28. The van der Waals surface area contributed by atoms with Crippen LogP contribution in [0.25, 0.3) is 0 Å². The molecule has 2 amide bonds. The summed E-state index contributed by atoms with van der Waals surface area (Å²) >= 11 is 0. The summed E-state index contributed by atoms with van der Waals surface area (Å²) in [5, 5.41) is 15.7. The fraction of sp³-hybridized carbons (Fsp3) is 0.167. The third-order valence-electron chi connectivity index (χ3n) is 6.30. The summed E-state index contributed by atoms with van der Waals surface area (Å²) in [6.45, 7) is 3.81. The zero-order chi connectivity index (χ0) is 26.5. The van der Waals surface area contributed by atoms with Gasteiger partial charge in [0, 0.05) is 28.8 Å². The molecule has 2 N–H and O–H groups in total. The van der Waals surface area contributed by atoms with E-state index in [1.54, 1.807) is 36.4 Å². The van der Waals surface area contributed by atoms with Gasteiger partial charge in [0.05, 0.1) is 17.1 Å². The molecule has 0 saturated carbocycles. The SMILES string of the molecule is Cc1ccc(C(=O)NN=C2CCCc3oc(C(=O)Nc4ccc(N=Nc5ccccc5)cc4)c(C)c32)cc1. The number of benzene rings is 3. The number of nitrogens with one attached hydrogen (secondary N) is 2. The Morgan fingerprint density at radius 2 is 1.47 bits per heavy atom. The van der Waals surface area contributed by atoms with Gasteiger partial charge in [-0.3, -0.25) is 9.59 Å². The van der Waals surface area contributed by atoms with E-state index in [4.69, 9.17) is 4.42 Å². The first-order valence-electron chi connectivity index (χ1n) is 12.4. The largest absolute Gasteiger partial charge is 0.455 e. The summed E-state index contributed by atoms with van der Waals surface area (Å²) in [6.07, 6.45) is 2.20. The van der Waals surface area contributed by atoms with Crippen molar-refractivity contribution in [2.45, 2.75) is 33.1 Å². The second kappa shape index (κ2) is 11.0. The standard InChI is InChI=1S/C30H27N5O3/c1-19-11-13-21(14-12-19)29(36)35-34-25-9-6-10-26-27(25)20(2)28(38-26)30(37)31-22-15-17-24(18-16-22)33-32-23-7-4-3-5-8-23/h3-5,7-8,11-18H,6,9-10H2,1-2H3,(H,31,37)(H,35,36). The summed E-state index contributed by atoms with van der Waals surface area (Å²) in [7, 11) is 0. The summed E-state index contributed by atoms with van der Waals surface area (Å²) in [4.78, 5) is 25.6. The van der Waals surface area contributed by atoms with Crippen LogP contribution in [0.15, 0.2) is 98.6 Å². The number of carbonyl (C=O) groups excluding carboxylic acids is 2. The highest BCUT2D eigenvalue weighted by molar-refractivity contribution is 6.09. The van der Waals surface area contributed by atoms with Gasteiger partial charge in [-0.1, -0.05) is 35.9 Å². The zero-order valence-corrected chi connectivity index (χ0v) is 21.2. The molecule has 0 atom stereocenters. The molecule has 0 aliphatic heterocycles. The molecule has 3 aromatic carbocycles. The van der Waals surface area contributed by atoms with Crippen LogP contribution >= 0.6 is 0 Å². The van der Waals surface area contributed by atoms with Gasteiger partial charge in [-0.25, -0.2) is 5.43 Å². The fourth-order valence-corrected chi connectivity index (χ4v) is 4.29. The quantitative estimate of drug-likeness (QED) is 0.217. The minimum Gasteiger partial charge on any atom is -0.455 e. The molecule has 0 radical (unpaired) electrons. The summed E-state index contributed by atoms with van der Waals surface area (Å²) < 4.78 is 5.98. The number of nitrogens with zero attached hydrogens (tertiary/aromatic N) is 3. The van der Waals surface area contributed by atoms with Crippen LogP contribution in [0.2, 0.25) is 0 Å². The van der Waals surface area contributed by atoms with E-state index in [2.05, 4.69) is 26.1 Å². The third kappa shape index (κ3) is 5.59. The Morgan fingerprint density at radius 3 is 2.18 bits per heavy atom. The number of rotatable bonds is 6. The van der Waals surface area contributed by atoms with E-state index in [9.17, 15) is 9.59 Å². The molecule has 0 saturated heterocycles. The molecule has 5 rings (SSSR count). The zero-order valence-electron chi connectivity index (χ0n) is 21.2. The number of fused-ring (bicyclic) bond motifs is 1. The van der Waals surface area contributed by atoms with E-state index in [-0.39, 0.29) is 17.6 Å². The van der Waals surface area contributed by atoms with Gasteiger partial charge in [-0.2, -0.15) is 15.3 Å². The van der Waals surface area contributed by atoms with Gasteiger partial charge in [-0.15, -0.1) is 0 Å². The number of hydrazone groups is 1. The lowest BCUT2D eigenvalue weighted by Crippen LogP contribution is -2.22. The van der Waals surface area contributed by atoms with E-state index in [0.29, 0.717) is 46.8 Å². The fourth-order valence-electron chi connectivity index (χ4n) is 4.29. The van der Waals surface area contributed by atoms with Gasteiger partial charge in [0.2, 0.25) is 0 Å². The molecule has 0 spiro atoms. The molecule has 38 heavy (non-hydrogen) atoms. The Kier molecular flexibility index (Phi) is 7.21. The Bertz CT molecular complexity index is 1520. The highest BCUT2D eigenvalue weighted by Crippen LogP contribution is 2.30. The van der Waals surface area contributed by atoms with Gasteiger partial charge in [0.1, 0.15) is 5.76 Å². The molecular formula is C30H27N5O3. The average molecular weight is 506 g/mol. The highest BCUT2D eigenvalue weighted by atomic mass is 16.4. The monoisotopic (exact) mass is 505 g/mol. The van der Waals surface area contributed by atoms with E-state index in [0.717, 1.165) is 23.2 Å². The van der Waals surface area contributed by atoms with Crippen molar-refractivity contribution in [3.63, 3.8) is 0 Å². The van der Waals surface area contributed by atoms with Crippen molar-refractivity contribution in [2.24, 2.45) is 15.3 Å². The number of hydrogen-bond donors (Lipinski definition) is 2. The van der Waals surface area contributed by atoms with Crippen LogP contribution in [-0.2, 0) is 6.42 Å². The van der Waals surface area contributed by atoms with Crippen LogP contribution in [0.5, 0.6) is 0 Å². The molecular weight excluding hydrogens is 478 g/mol. The number of hydrogen-bond acceptors (Lipinski definition) is 6. The molecule has 190 valence electrons. The Morgan fingerprint density at radius 1 is 0.789 bits per heavy atom. The van der Waals surface area contributed by atoms with Crippen LogP contribution in [0.3, 0.4) is 0 Å². The maximum absolute atomic E-state index is 13.1. The van der Waals surface area contributed by atoms with Crippen molar-refractivity contribution in [1.29, 1.82) is 0 Å². The number of furan rings is 1. The van der Waals surface area contributed by atoms with Crippen molar-refractivity contribution in [1.82, 2.24) is 5.43 Å². The number of azo groups is 1. The average Bonchev–Trinajstić information content (AvgIpc) is 3.29. The minimum absolute atomic E-state index is 0.238. The first-order valence-corrected chi connectivity index (χ1v) is 12.4. The van der Waals surface area contributed by atoms with Crippen molar-refractivity contribution >= 4 is 34.6 Å². The van der Waals surface area contributed by atoms with E-state index in [1.165, 1.54) is 0 Å². The molecule has 0 bridgehead atoms. The van der Waals surface area contributed by atoms with Gasteiger partial charge in [-0.05, 0) is 75.2 Å². The molecule has 0 unspecified atom stereocenters. The van der Waals surface area contributed by atoms with Crippen molar-refractivity contribution in [3.8, 4) is 0 Å². The lowest BCUT2D eigenvalue weighted by Gasteiger charge is -2.13. The van der Waals surface area contributed by atoms with Crippen molar-refractivity contribution < 1.29 is 14.0 Å². The van der Waals surface area contributed by atoms with Crippen LogP contribution in [0, 0.1) is 13.8 Å². The third-order valence-corrected chi connectivity index (χ3v) is 6.30. The summed E-state index contributed by atoms with van der Waals surface area (Å²) in [6, 6.07) is 23.9. The summed E-state index contributed by atoms with van der Waals surface area (Å²) in [5.74, 6) is 0.315. The molecule has 8 nitrogen and oxygen atoms in total. The van der Waals surface area contributed by atoms with Crippen molar-refractivity contribution in [2.75, 3.05) is 5.32 Å². The van der Waals surface area contributed by atoms with Gasteiger partial charge in [0.15, 0.2) is 5.76 Å². The number of aryl methyl sites for hydroxylation is 2. The molecule has 1 heterocycles. The van der Waals surface area contributed by atoms with E-state index >= 15 is 0 Å². The Balaban J connectivity index is 1.28. The molecule has 8 heteroatoms. The second-order valence-electron chi connectivity index (χ2n) is 9.11. The first-order chi connectivity index (χ1) is 18.5. The predicted molar refractivity (Wildman–Crippen MR) is 147 cm³/mol. The summed E-state index contributed by atoms with van der Waals surface area (Å²) in [5.41, 5.74) is 8.52. The minimum atomic E-state index is -0.349. The van der Waals surface area contributed by atoms with Crippen LogP contribution < -0.4 is 10.7 Å². The Labute approximate surface area is 220 Å². The molecule has 4 aromatic rings. The van der Waals surface area contributed by atoms with Gasteiger partial charge >= 0.3 is 0 Å². The second-order valence-corrected chi connectivity index (χ2v) is 9.11. The topological polar surface area (TPSA) is 108 Å². The van der Waals surface area contributed by atoms with Crippen LogP contribution in [0.1, 0.15) is 56.2 Å². The normalized spacial score (nSPS) is 13.9. The van der Waals surface area contributed by atoms with Crippen molar-refractivity contribution in [3.05, 3.63) is 113 Å². The maximum Gasteiger partial charge on any atom is 0.291 e. The molecule has 1 aliphatic carbocycles. The van der Waals surface area contributed by atoms with E-state index in [1.807, 2.05) is 56.3 Å². The predicted octanol–water partition coefficient (Wildman–Crippen LogP) is 7.03. The van der Waals surface area contributed by atoms with Crippen LogP contribution in [-0.4, -0.2) is 17.5 Å². The smallest absolute Gasteiger partial charge is 0.291 e. The molecule has 1 aliphatic rings. The van der Waals surface area contributed by atoms with Crippen LogP contribution in [0.4, 0.5) is 17.1 Å². The Hall–Kier alpha value is -4.85. The lowest BCUT2D eigenvalue weighted by atomic mass is 9.93. The number of anilines is 1. The lowest BCUT2D eigenvalue weighted by molar-refractivity contribution is 0.0953. The van der Waals surface area contributed by atoms with Gasteiger partial charge in [0.25, 0.3) is 11.8 Å². The van der Waals surface area contributed by atoms with E-state index < -0.39 is 0 Å². The number of carbonyl (C=O) groups is 2. The van der Waals surface area contributed by atoms with Gasteiger partial charge < -0.3 is 9.73 Å². The first kappa shape index (κ1) is 24.8. The molecule has 1 aromatic heterocycles. The maximum atomic E-state index is 13.1. The number of amides is 2.